The van der Waals surface area contributed by atoms with Crippen molar-refractivity contribution in [3.05, 3.63) is 65.9 Å². The number of azo groups is 1. The Morgan fingerprint density at radius 2 is 1.86 bits per heavy atom. The molecule has 3 aromatic rings. The predicted molar refractivity (Wildman–Crippen MR) is 110 cm³/mol. The SMILES string of the molecule is N#Cc1cnn(-c2ccccc2)c1/N=N/c1ccc(N2CCOCC2)cc1CN. The van der Waals surface area contributed by atoms with Crippen LogP contribution in [0.25, 0.3) is 5.69 Å². The van der Waals surface area contributed by atoms with E-state index in [1.165, 1.54) is 6.20 Å². The van der Waals surface area contributed by atoms with E-state index in [1.807, 2.05) is 48.5 Å². The second-order valence-corrected chi connectivity index (χ2v) is 6.56. The molecule has 4 rings (SSSR count). The summed E-state index contributed by atoms with van der Waals surface area (Å²) in [5, 5.41) is 22.4. The molecule has 0 unspecified atom stereocenters. The number of anilines is 1. The lowest BCUT2D eigenvalue weighted by molar-refractivity contribution is 0.122. The molecule has 0 aliphatic carbocycles. The van der Waals surface area contributed by atoms with Crippen LogP contribution in [0.15, 0.2) is 65.0 Å². The van der Waals surface area contributed by atoms with Crippen molar-refractivity contribution < 1.29 is 4.74 Å². The topological polar surface area (TPSA) is 105 Å². The van der Waals surface area contributed by atoms with E-state index in [9.17, 15) is 5.26 Å². The van der Waals surface area contributed by atoms with E-state index >= 15 is 0 Å². The molecule has 1 fully saturated rings. The molecule has 1 aromatic heterocycles. The Morgan fingerprint density at radius 1 is 1.07 bits per heavy atom. The van der Waals surface area contributed by atoms with Gasteiger partial charge in [-0.15, -0.1) is 10.2 Å². The number of morpholine rings is 1. The second kappa shape index (κ2) is 8.65. The summed E-state index contributed by atoms with van der Waals surface area (Å²) >= 11 is 0. The number of benzene rings is 2. The Kier molecular flexibility index (Phi) is 5.61. The first-order valence-electron chi connectivity index (χ1n) is 9.41. The summed E-state index contributed by atoms with van der Waals surface area (Å²) in [5.41, 5.74) is 9.79. The minimum atomic E-state index is 0.343. The summed E-state index contributed by atoms with van der Waals surface area (Å²) in [6.45, 7) is 3.49. The van der Waals surface area contributed by atoms with Crippen LogP contribution in [-0.4, -0.2) is 36.1 Å². The molecule has 8 heteroatoms. The fourth-order valence-corrected chi connectivity index (χ4v) is 3.23. The van der Waals surface area contributed by atoms with Crippen molar-refractivity contribution in [1.82, 2.24) is 9.78 Å². The molecule has 0 amide bonds. The molecular formula is C21H21N7O. The number of para-hydroxylation sites is 1. The maximum atomic E-state index is 9.42. The van der Waals surface area contributed by atoms with Crippen molar-refractivity contribution in [1.29, 1.82) is 5.26 Å². The molecule has 8 nitrogen and oxygen atoms in total. The van der Waals surface area contributed by atoms with Gasteiger partial charge in [-0.25, -0.2) is 4.68 Å². The van der Waals surface area contributed by atoms with Gasteiger partial charge in [-0.3, -0.25) is 0 Å². The highest BCUT2D eigenvalue weighted by molar-refractivity contribution is 5.59. The second-order valence-electron chi connectivity index (χ2n) is 6.56. The summed E-state index contributed by atoms with van der Waals surface area (Å²) in [5.74, 6) is 0.388. The van der Waals surface area contributed by atoms with Crippen LogP contribution in [-0.2, 0) is 11.3 Å². The van der Waals surface area contributed by atoms with E-state index < -0.39 is 0 Å². The number of hydrogen-bond acceptors (Lipinski definition) is 7. The Bertz CT molecular complexity index is 1050. The summed E-state index contributed by atoms with van der Waals surface area (Å²) in [6.07, 6.45) is 1.49. The van der Waals surface area contributed by atoms with Crippen LogP contribution in [0.2, 0.25) is 0 Å². The predicted octanol–water partition coefficient (Wildman–Crippen LogP) is 3.45. The Balaban J connectivity index is 1.66. The molecule has 2 aromatic carbocycles. The zero-order valence-corrected chi connectivity index (χ0v) is 15.9. The van der Waals surface area contributed by atoms with Gasteiger partial charge in [0.15, 0.2) is 5.82 Å². The van der Waals surface area contributed by atoms with Crippen molar-refractivity contribution in [2.45, 2.75) is 6.54 Å². The number of aromatic nitrogens is 2. The van der Waals surface area contributed by atoms with E-state index in [4.69, 9.17) is 10.5 Å². The van der Waals surface area contributed by atoms with Gasteiger partial charge in [-0.05, 0) is 35.9 Å². The first-order valence-corrected chi connectivity index (χ1v) is 9.41. The van der Waals surface area contributed by atoms with E-state index in [0.717, 1.165) is 43.2 Å². The lowest BCUT2D eigenvalue weighted by Crippen LogP contribution is -2.36. The van der Waals surface area contributed by atoms with E-state index in [2.05, 4.69) is 26.3 Å². The molecule has 0 bridgehead atoms. The highest BCUT2D eigenvalue weighted by atomic mass is 16.5. The van der Waals surface area contributed by atoms with Crippen LogP contribution in [0, 0.1) is 11.3 Å². The maximum Gasteiger partial charge on any atom is 0.195 e. The fraction of sp³-hybridized carbons (Fsp3) is 0.238. The maximum absolute atomic E-state index is 9.42. The summed E-state index contributed by atoms with van der Waals surface area (Å²) < 4.78 is 7.02. The number of ether oxygens (including phenoxy) is 1. The first kappa shape index (κ1) is 18.8. The first-order chi connectivity index (χ1) is 14.3. The molecule has 1 saturated heterocycles. The smallest absolute Gasteiger partial charge is 0.195 e. The van der Waals surface area contributed by atoms with Crippen LogP contribution < -0.4 is 10.6 Å². The van der Waals surface area contributed by atoms with Crippen molar-refractivity contribution in [2.24, 2.45) is 16.0 Å². The van der Waals surface area contributed by atoms with Gasteiger partial charge < -0.3 is 15.4 Å². The van der Waals surface area contributed by atoms with Gasteiger partial charge >= 0.3 is 0 Å². The molecule has 0 radical (unpaired) electrons. The number of nitrogens with zero attached hydrogens (tertiary/aromatic N) is 6. The van der Waals surface area contributed by atoms with Gasteiger partial charge in [0.1, 0.15) is 11.6 Å². The zero-order valence-electron chi connectivity index (χ0n) is 15.9. The van der Waals surface area contributed by atoms with Crippen molar-refractivity contribution >= 4 is 17.2 Å². The Morgan fingerprint density at radius 3 is 2.59 bits per heavy atom. The van der Waals surface area contributed by atoms with Crippen molar-refractivity contribution in [3.63, 3.8) is 0 Å². The minimum Gasteiger partial charge on any atom is -0.378 e. The van der Waals surface area contributed by atoms with E-state index in [1.54, 1.807) is 4.68 Å². The molecule has 1 aliphatic heterocycles. The number of rotatable bonds is 5. The molecule has 1 aliphatic rings. The number of hydrogen-bond donors (Lipinski definition) is 1. The van der Waals surface area contributed by atoms with Gasteiger partial charge in [0.05, 0.1) is 30.8 Å². The Hall–Kier alpha value is -3.54. The van der Waals surface area contributed by atoms with E-state index in [0.29, 0.717) is 23.6 Å². The highest BCUT2D eigenvalue weighted by Crippen LogP contribution is 2.29. The molecule has 29 heavy (non-hydrogen) atoms. The van der Waals surface area contributed by atoms with Crippen LogP contribution in [0.1, 0.15) is 11.1 Å². The number of nitrogens with two attached hydrogens (primary N) is 1. The largest absolute Gasteiger partial charge is 0.378 e. The van der Waals surface area contributed by atoms with Gasteiger partial charge in [-0.2, -0.15) is 10.4 Å². The fourth-order valence-electron chi connectivity index (χ4n) is 3.23. The van der Waals surface area contributed by atoms with Gasteiger partial charge in [0.2, 0.25) is 0 Å². The minimum absolute atomic E-state index is 0.343. The monoisotopic (exact) mass is 387 g/mol. The molecule has 0 spiro atoms. The molecule has 2 heterocycles. The third kappa shape index (κ3) is 4.01. The quantitative estimate of drug-likeness (QED) is 0.675. The lowest BCUT2D eigenvalue weighted by Gasteiger charge is -2.29. The molecule has 0 saturated carbocycles. The van der Waals surface area contributed by atoms with Crippen molar-refractivity contribution in [2.75, 3.05) is 31.2 Å². The molecular weight excluding hydrogens is 366 g/mol. The molecule has 2 N–H and O–H groups in total. The Labute approximate surface area is 168 Å². The average Bonchev–Trinajstić information content (AvgIpc) is 3.21. The van der Waals surface area contributed by atoms with Crippen LogP contribution in [0.5, 0.6) is 0 Å². The number of nitriles is 1. The van der Waals surface area contributed by atoms with Crippen LogP contribution >= 0.6 is 0 Å². The highest BCUT2D eigenvalue weighted by Gasteiger charge is 2.14. The summed E-state index contributed by atoms with van der Waals surface area (Å²) in [4.78, 5) is 2.27. The van der Waals surface area contributed by atoms with Crippen molar-refractivity contribution in [3.8, 4) is 11.8 Å². The summed E-state index contributed by atoms with van der Waals surface area (Å²) in [6, 6.07) is 17.6. The van der Waals surface area contributed by atoms with Crippen LogP contribution in [0.4, 0.5) is 17.2 Å². The van der Waals surface area contributed by atoms with E-state index in [-0.39, 0.29) is 0 Å². The van der Waals surface area contributed by atoms with Gasteiger partial charge in [0, 0.05) is 25.3 Å². The van der Waals surface area contributed by atoms with Gasteiger partial charge in [-0.1, -0.05) is 18.2 Å². The molecule has 146 valence electrons. The summed E-state index contributed by atoms with van der Waals surface area (Å²) in [7, 11) is 0. The standard InChI is InChI=1S/C21H21N7O/c22-13-16-12-19(27-8-10-29-11-9-27)6-7-20(16)25-26-21-17(14-23)15-24-28(21)18-4-2-1-3-5-18/h1-7,12,15H,8-11,13,22H2/b26-25+. The molecule has 0 atom stereocenters. The third-order valence-electron chi connectivity index (χ3n) is 4.78. The zero-order chi connectivity index (χ0) is 20.1. The average molecular weight is 387 g/mol. The normalized spacial score (nSPS) is 14.3. The third-order valence-corrected chi connectivity index (χ3v) is 4.78. The lowest BCUT2D eigenvalue weighted by atomic mass is 10.1. The van der Waals surface area contributed by atoms with Crippen LogP contribution in [0.3, 0.4) is 0 Å². The van der Waals surface area contributed by atoms with Gasteiger partial charge in [0.25, 0.3) is 0 Å².